The fourth-order valence-corrected chi connectivity index (χ4v) is 4.20. The molecule has 0 amide bonds. The van der Waals surface area contributed by atoms with Crippen LogP contribution in [0.4, 0.5) is 0 Å². The molecule has 32 heavy (non-hydrogen) atoms. The molecule has 2 unspecified atom stereocenters. The van der Waals surface area contributed by atoms with Crippen LogP contribution in [0.1, 0.15) is 110 Å². The molecule has 1 heterocycles. The van der Waals surface area contributed by atoms with E-state index in [9.17, 15) is 5.11 Å². The lowest BCUT2D eigenvalue weighted by Crippen LogP contribution is -2.40. The predicted octanol–water partition coefficient (Wildman–Crippen LogP) is 6.42. The van der Waals surface area contributed by atoms with Crippen LogP contribution in [0.2, 0.25) is 0 Å². The summed E-state index contributed by atoms with van der Waals surface area (Å²) < 4.78 is 0. The molecule has 0 fully saturated rings. The molecule has 6 nitrogen and oxygen atoms in total. The monoisotopic (exact) mass is 451 g/mol. The van der Waals surface area contributed by atoms with Gasteiger partial charge in [0, 0.05) is 18.0 Å². The minimum atomic E-state index is -1.82. The lowest BCUT2D eigenvalue weighted by molar-refractivity contribution is -0.159. The van der Waals surface area contributed by atoms with Crippen molar-refractivity contribution in [3.05, 3.63) is 30.1 Å². The molecule has 6 heteroatoms. The van der Waals surface area contributed by atoms with Gasteiger partial charge in [-0.3, -0.25) is 4.98 Å². The van der Waals surface area contributed by atoms with Crippen molar-refractivity contribution in [3.8, 4) is 0 Å². The second kappa shape index (κ2) is 17.6. The Morgan fingerprint density at radius 3 is 1.62 bits per heavy atom. The third kappa shape index (κ3) is 11.6. The zero-order valence-electron chi connectivity index (χ0n) is 20.6. The largest absolute Gasteiger partial charge is 0.473 e. The third-order valence-electron chi connectivity index (χ3n) is 6.29. The molecule has 0 saturated heterocycles. The maximum absolute atomic E-state index is 11.8. The Hall–Kier alpha value is -1.95. The van der Waals surface area contributed by atoms with E-state index in [0.29, 0.717) is 0 Å². The highest BCUT2D eigenvalue weighted by Crippen LogP contribution is 2.41. The number of aromatic nitrogens is 1. The molecule has 0 spiro atoms. The summed E-state index contributed by atoms with van der Waals surface area (Å²) >= 11 is 0. The van der Waals surface area contributed by atoms with Crippen LogP contribution in [-0.2, 0) is 15.2 Å². The van der Waals surface area contributed by atoms with Gasteiger partial charge in [-0.05, 0) is 30.7 Å². The van der Waals surface area contributed by atoms with Gasteiger partial charge in [0.1, 0.15) is 0 Å². The standard InChI is InChI=1S/C24H43NO.C2H2O4/c1-5-7-9-11-13-16-21(3)24(26,23-18-15-19-25-20-23)22(4)17-14-12-10-8-6-2;3-1(4)2(5)6/h15,18-22,26H,5-14,16-17H2,1-4H3;(H,3,4)(H,5,6). The van der Waals surface area contributed by atoms with Gasteiger partial charge in [0.25, 0.3) is 0 Å². The molecule has 0 aromatic carbocycles. The zero-order chi connectivity index (χ0) is 24.4. The normalized spacial score (nSPS) is 14.5. The average Bonchev–Trinajstić information content (AvgIpc) is 2.78. The van der Waals surface area contributed by atoms with E-state index in [0.717, 1.165) is 18.4 Å². The van der Waals surface area contributed by atoms with Crippen molar-refractivity contribution in [2.45, 2.75) is 110 Å². The first-order chi connectivity index (χ1) is 15.2. The van der Waals surface area contributed by atoms with Crippen molar-refractivity contribution in [3.63, 3.8) is 0 Å². The molecular weight excluding hydrogens is 406 g/mol. The fourth-order valence-electron chi connectivity index (χ4n) is 4.20. The maximum atomic E-state index is 11.8. The number of aliphatic hydroxyl groups is 1. The molecule has 0 aliphatic heterocycles. The van der Waals surface area contributed by atoms with Gasteiger partial charge < -0.3 is 15.3 Å². The van der Waals surface area contributed by atoms with Gasteiger partial charge in [0.05, 0.1) is 5.60 Å². The van der Waals surface area contributed by atoms with E-state index < -0.39 is 17.5 Å². The summed E-state index contributed by atoms with van der Waals surface area (Å²) in [7, 11) is 0. The molecule has 3 N–H and O–H groups in total. The summed E-state index contributed by atoms with van der Waals surface area (Å²) in [5.41, 5.74) is 0.242. The minimum absolute atomic E-state index is 0.263. The van der Waals surface area contributed by atoms with E-state index in [1.165, 1.54) is 64.2 Å². The van der Waals surface area contributed by atoms with Gasteiger partial charge in [-0.1, -0.05) is 98.0 Å². The molecule has 0 radical (unpaired) electrons. The van der Waals surface area contributed by atoms with Crippen LogP contribution in [0.5, 0.6) is 0 Å². The Kier molecular flexibility index (Phi) is 16.5. The van der Waals surface area contributed by atoms with E-state index >= 15 is 0 Å². The Morgan fingerprint density at radius 2 is 1.28 bits per heavy atom. The summed E-state index contributed by atoms with van der Waals surface area (Å²) in [6, 6.07) is 4.02. The van der Waals surface area contributed by atoms with Gasteiger partial charge in [-0.25, -0.2) is 9.59 Å². The third-order valence-corrected chi connectivity index (χ3v) is 6.29. The molecule has 1 rings (SSSR count). The second-order valence-corrected chi connectivity index (χ2v) is 8.89. The Bertz CT molecular complexity index is 588. The first kappa shape index (κ1) is 30.0. The average molecular weight is 452 g/mol. The molecule has 2 atom stereocenters. The van der Waals surface area contributed by atoms with Gasteiger partial charge >= 0.3 is 11.9 Å². The summed E-state index contributed by atoms with van der Waals surface area (Å²) in [4.78, 5) is 22.5. The van der Waals surface area contributed by atoms with Gasteiger partial charge in [-0.15, -0.1) is 0 Å². The highest BCUT2D eigenvalue weighted by atomic mass is 16.4. The predicted molar refractivity (Wildman–Crippen MR) is 128 cm³/mol. The highest BCUT2D eigenvalue weighted by molar-refractivity contribution is 6.27. The molecule has 0 aliphatic carbocycles. The summed E-state index contributed by atoms with van der Waals surface area (Å²) in [6.45, 7) is 8.98. The van der Waals surface area contributed by atoms with Crippen molar-refractivity contribution in [2.24, 2.45) is 11.8 Å². The number of hydrogen-bond donors (Lipinski definition) is 3. The van der Waals surface area contributed by atoms with E-state index in [1.54, 1.807) is 6.20 Å². The zero-order valence-corrected chi connectivity index (χ0v) is 20.6. The molecular formula is C26H45NO5. The Morgan fingerprint density at radius 1 is 0.844 bits per heavy atom. The smallest absolute Gasteiger partial charge is 0.414 e. The number of carbonyl (C=O) groups is 2. The highest BCUT2D eigenvalue weighted by Gasteiger charge is 2.40. The van der Waals surface area contributed by atoms with Gasteiger partial charge in [-0.2, -0.15) is 0 Å². The molecule has 0 aliphatic rings. The maximum Gasteiger partial charge on any atom is 0.414 e. The van der Waals surface area contributed by atoms with E-state index in [1.807, 2.05) is 12.3 Å². The van der Waals surface area contributed by atoms with Gasteiger partial charge in [0.2, 0.25) is 0 Å². The number of nitrogens with zero attached hydrogens (tertiary/aromatic N) is 1. The first-order valence-electron chi connectivity index (χ1n) is 12.3. The van der Waals surface area contributed by atoms with Gasteiger partial charge in [0.15, 0.2) is 0 Å². The van der Waals surface area contributed by atoms with Crippen molar-refractivity contribution in [2.75, 3.05) is 0 Å². The van der Waals surface area contributed by atoms with Crippen LogP contribution >= 0.6 is 0 Å². The van der Waals surface area contributed by atoms with Crippen LogP contribution < -0.4 is 0 Å². The van der Waals surface area contributed by atoms with E-state index in [-0.39, 0.29) is 11.8 Å². The van der Waals surface area contributed by atoms with E-state index in [4.69, 9.17) is 19.8 Å². The van der Waals surface area contributed by atoms with E-state index in [2.05, 4.69) is 38.7 Å². The van der Waals surface area contributed by atoms with Crippen LogP contribution in [-0.4, -0.2) is 32.2 Å². The van der Waals surface area contributed by atoms with Crippen molar-refractivity contribution >= 4 is 11.9 Å². The Labute approximate surface area is 194 Å². The van der Waals surface area contributed by atoms with Crippen LogP contribution in [0.15, 0.2) is 24.5 Å². The fraction of sp³-hybridized carbons (Fsp3) is 0.731. The van der Waals surface area contributed by atoms with Crippen LogP contribution in [0.25, 0.3) is 0 Å². The van der Waals surface area contributed by atoms with Crippen molar-refractivity contribution in [1.29, 1.82) is 0 Å². The second-order valence-electron chi connectivity index (χ2n) is 8.89. The number of rotatable bonds is 15. The molecule has 0 bridgehead atoms. The number of carboxylic acids is 2. The number of carboxylic acid groups (broad SMARTS) is 2. The van der Waals surface area contributed by atoms with Crippen molar-refractivity contribution in [1.82, 2.24) is 4.98 Å². The SMILES string of the molecule is CCCCCCCC(C)C(O)(c1cccnc1)C(C)CCCCCCC.O=C(O)C(=O)O. The lowest BCUT2D eigenvalue weighted by Gasteiger charge is -2.40. The summed E-state index contributed by atoms with van der Waals surface area (Å²) in [6.07, 6.45) is 18.7. The number of aliphatic carboxylic acids is 2. The quantitative estimate of drug-likeness (QED) is 0.210. The molecule has 0 saturated carbocycles. The summed E-state index contributed by atoms with van der Waals surface area (Å²) in [5, 5.41) is 26.6. The number of pyridine rings is 1. The number of unbranched alkanes of at least 4 members (excludes halogenated alkanes) is 8. The van der Waals surface area contributed by atoms with Crippen LogP contribution in [0.3, 0.4) is 0 Å². The first-order valence-corrected chi connectivity index (χ1v) is 12.3. The van der Waals surface area contributed by atoms with Crippen LogP contribution in [0, 0.1) is 11.8 Å². The minimum Gasteiger partial charge on any atom is -0.473 e. The lowest BCUT2D eigenvalue weighted by atomic mass is 9.70. The number of hydrogen-bond acceptors (Lipinski definition) is 4. The molecule has 184 valence electrons. The van der Waals surface area contributed by atoms with Crippen molar-refractivity contribution < 1.29 is 24.9 Å². The molecule has 1 aromatic rings. The molecule has 1 aromatic heterocycles. The Balaban J connectivity index is 0.00000140. The topological polar surface area (TPSA) is 108 Å². The summed E-state index contributed by atoms with van der Waals surface area (Å²) in [5.74, 6) is -3.12.